The number of aryl methyl sites for hydroxylation is 1. The zero-order chi connectivity index (χ0) is 18.0. The number of benzene rings is 1. The molecule has 26 heavy (non-hydrogen) atoms. The summed E-state index contributed by atoms with van der Waals surface area (Å²) in [5.41, 5.74) is 1.19. The van der Waals surface area contributed by atoms with Gasteiger partial charge in [0.05, 0.1) is 10.2 Å². The molecule has 0 bridgehead atoms. The quantitative estimate of drug-likeness (QED) is 0.764. The maximum Gasteiger partial charge on any atom is 0.326 e. The number of likely N-dealkylation sites (tertiary alicyclic amines) is 1. The first-order valence-electron chi connectivity index (χ1n) is 7.84. The van der Waals surface area contributed by atoms with Crippen LogP contribution in [-0.2, 0) is 11.4 Å². The fourth-order valence-electron chi connectivity index (χ4n) is 2.82. The molecule has 0 spiro atoms. The van der Waals surface area contributed by atoms with Gasteiger partial charge >= 0.3 is 5.97 Å². The summed E-state index contributed by atoms with van der Waals surface area (Å²) in [5, 5.41) is 13.0. The smallest absolute Gasteiger partial charge is 0.326 e. The molecule has 1 aromatic carbocycles. The molecule has 1 aromatic heterocycles. The van der Waals surface area contributed by atoms with Crippen molar-refractivity contribution in [2.45, 2.75) is 32.4 Å². The number of amides is 1. The van der Waals surface area contributed by atoms with E-state index in [-0.39, 0.29) is 26.0 Å². The van der Waals surface area contributed by atoms with Gasteiger partial charge in [-0.3, -0.25) is 4.79 Å². The Kier molecular flexibility index (Phi) is 6.71. The minimum Gasteiger partial charge on any atom is -0.484 e. The van der Waals surface area contributed by atoms with E-state index in [1.807, 2.05) is 6.92 Å². The summed E-state index contributed by atoms with van der Waals surface area (Å²) < 4.78 is 11.4. The summed E-state index contributed by atoms with van der Waals surface area (Å²) in [6, 6.07) is 5.97. The molecule has 7 nitrogen and oxygen atoms in total. The second-order valence-electron chi connectivity index (χ2n) is 5.86. The van der Waals surface area contributed by atoms with Crippen LogP contribution in [-0.4, -0.2) is 39.6 Å². The number of halogens is 1. The normalized spacial score (nSPS) is 16.2. The van der Waals surface area contributed by atoms with Crippen molar-refractivity contribution in [3.05, 3.63) is 45.8 Å². The van der Waals surface area contributed by atoms with Crippen molar-refractivity contribution >= 4 is 41.3 Å². The van der Waals surface area contributed by atoms with Gasteiger partial charge in [0.2, 0.25) is 0 Å². The molecule has 2 heterocycles. The van der Waals surface area contributed by atoms with Gasteiger partial charge in [-0.05, 0) is 53.9 Å². The van der Waals surface area contributed by atoms with E-state index < -0.39 is 12.0 Å². The van der Waals surface area contributed by atoms with Crippen LogP contribution in [0.5, 0.6) is 5.75 Å². The summed E-state index contributed by atoms with van der Waals surface area (Å²) in [6.45, 7) is 2.50. The van der Waals surface area contributed by atoms with Crippen LogP contribution >= 0.6 is 29.4 Å². The largest absolute Gasteiger partial charge is 0.484 e. The van der Waals surface area contributed by atoms with E-state index in [4.69, 9.17) is 9.26 Å². The number of carboxylic acids is 1. The van der Waals surface area contributed by atoms with Crippen LogP contribution in [0.3, 0.4) is 0 Å². The lowest BCUT2D eigenvalue weighted by Crippen LogP contribution is -2.40. The lowest BCUT2D eigenvalue weighted by atomic mass is 10.1. The third kappa shape index (κ3) is 4.39. The molecule has 140 valence electrons. The number of nitrogens with zero attached hydrogens (tertiary/aromatic N) is 2. The van der Waals surface area contributed by atoms with Crippen LogP contribution in [0.15, 0.2) is 33.3 Å². The minimum atomic E-state index is -0.966. The van der Waals surface area contributed by atoms with Gasteiger partial charge in [0.25, 0.3) is 5.91 Å². The molecule has 9 heteroatoms. The molecule has 2 aromatic rings. The molecule has 0 saturated carbocycles. The molecule has 0 radical (unpaired) electrons. The predicted octanol–water partition coefficient (Wildman–Crippen LogP) is 3.13. The highest BCUT2D eigenvalue weighted by Gasteiger charge is 2.34. The maximum atomic E-state index is 12.6. The van der Waals surface area contributed by atoms with Crippen LogP contribution in [0.4, 0.5) is 0 Å². The number of carbonyl (C=O) groups is 2. The van der Waals surface area contributed by atoms with E-state index in [0.717, 1.165) is 5.69 Å². The summed E-state index contributed by atoms with van der Waals surface area (Å²) >= 11 is 3.39. The number of aromatic nitrogens is 1. The van der Waals surface area contributed by atoms with Gasteiger partial charge < -0.3 is 19.3 Å². The van der Waals surface area contributed by atoms with Crippen LogP contribution in [0.1, 0.15) is 34.7 Å². The number of hydrogen-bond donors (Lipinski definition) is 1. The minimum absolute atomic E-state index is 0. The average Bonchev–Trinajstić information content (AvgIpc) is 3.22. The fourth-order valence-corrected chi connectivity index (χ4v) is 3.31. The Balaban J connectivity index is 0.00000243. The van der Waals surface area contributed by atoms with Gasteiger partial charge in [-0.15, -0.1) is 0 Å². The molecule has 1 fully saturated rings. The molecular formula is C17H19BrN2O5S. The van der Waals surface area contributed by atoms with Gasteiger partial charge in [0.1, 0.15) is 18.4 Å². The Bertz CT molecular complexity index is 810. The highest BCUT2D eigenvalue weighted by atomic mass is 79.9. The molecule has 1 unspecified atom stereocenters. The van der Waals surface area contributed by atoms with Crippen molar-refractivity contribution in [2.24, 2.45) is 0 Å². The Labute approximate surface area is 165 Å². The van der Waals surface area contributed by atoms with Crippen LogP contribution < -0.4 is 4.74 Å². The first-order valence-corrected chi connectivity index (χ1v) is 8.63. The Morgan fingerprint density at radius 1 is 1.42 bits per heavy atom. The molecule has 1 amide bonds. The highest BCUT2D eigenvalue weighted by Crippen LogP contribution is 2.29. The predicted molar refractivity (Wildman–Crippen MR) is 102 cm³/mol. The second-order valence-corrected chi connectivity index (χ2v) is 6.72. The van der Waals surface area contributed by atoms with E-state index in [9.17, 15) is 14.7 Å². The number of aliphatic carboxylic acids is 1. The number of hydrogen-bond acceptors (Lipinski definition) is 5. The molecule has 1 aliphatic heterocycles. The standard InChI is InChI=1S/C17H17BrN2O5.H2S/c1-10-7-12(25-19-10)9-24-15-5-4-11(8-13(15)18)16(21)20-6-2-3-14(20)17(22)23;/h4-5,7-8,14H,2-3,6,9H2,1H3,(H,22,23);1H2. The third-order valence-electron chi connectivity index (χ3n) is 4.02. The van der Waals surface area contributed by atoms with Crippen molar-refractivity contribution in [1.29, 1.82) is 0 Å². The van der Waals surface area contributed by atoms with Gasteiger partial charge in [0.15, 0.2) is 5.76 Å². The molecule has 1 N–H and O–H groups in total. The average molecular weight is 443 g/mol. The molecule has 1 aliphatic rings. The fraction of sp³-hybridized carbons (Fsp3) is 0.353. The SMILES string of the molecule is Cc1cc(COc2ccc(C(=O)N3CCCC3C(=O)O)cc2Br)on1.S. The van der Waals surface area contributed by atoms with E-state index in [1.54, 1.807) is 24.3 Å². The maximum absolute atomic E-state index is 12.6. The summed E-state index contributed by atoms with van der Waals surface area (Å²) in [7, 11) is 0. The number of carboxylic acid groups (broad SMARTS) is 1. The van der Waals surface area contributed by atoms with Gasteiger partial charge in [0, 0.05) is 18.2 Å². The Morgan fingerprint density at radius 2 is 2.19 bits per heavy atom. The zero-order valence-electron chi connectivity index (χ0n) is 14.1. The molecular weight excluding hydrogens is 424 g/mol. The van der Waals surface area contributed by atoms with Crippen molar-refractivity contribution in [3.8, 4) is 5.75 Å². The second kappa shape index (κ2) is 8.59. The molecule has 1 atom stereocenters. The third-order valence-corrected chi connectivity index (χ3v) is 4.64. The van der Waals surface area contributed by atoms with Crippen molar-refractivity contribution < 1.29 is 24.0 Å². The first kappa shape index (κ1) is 20.3. The summed E-state index contributed by atoms with van der Waals surface area (Å²) in [6.07, 6.45) is 1.18. The van der Waals surface area contributed by atoms with E-state index in [0.29, 0.717) is 40.9 Å². The van der Waals surface area contributed by atoms with Crippen LogP contribution in [0.2, 0.25) is 0 Å². The van der Waals surface area contributed by atoms with E-state index in [2.05, 4.69) is 21.1 Å². The van der Waals surface area contributed by atoms with E-state index >= 15 is 0 Å². The number of rotatable bonds is 5. The van der Waals surface area contributed by atoms with Crippen molar-refractivity contribution in [2.75, 3.05) is 6.54 Å². The summed E-state index contributed by atoms with van der Waals surface area (Å²) in [5.74, 6) is -0.0945. The van der Waals surface area contributed by atoms with Gasteiger partial charge in [-0.1, -0.05) is 5.16 Å². The van der Waals surface area contributed by atoms with Gasteiger partial charge in [-0.2, -0.15) is 13.5 Å². The Hall–Kier alpha value is -2.00. The number of carbonyl (C=O) groups excluding carboxylic acids is 1. The van der Waals surface area contributed by atoms with Crippen LogP contribution in [0.25, 0.3) is 0 Å². The summed E-state index contributed by atoms with van der Waals surface area (Å²) in [4.78, 5) is 25.2. The highest BCUT2D eigenvalue weighted by molar-refractivity contribution is 9.10. The molecule has 1 saturated heterocycles. The van der Waals surface area contributed by atoms with Crippen molar-refractivity contribution in [1.82, 2.24) is 10.1 Å². The van der Waals surface area contributed by atoms with Crippen LogP contribution in [0, 0.1) is 6.92 Å². The monoisotopic (exact) mass is 442 g/mol. The van der Waals surface area contributed by atoms with Crippen molar-refractivity contribution in [3.63, 3.8) is 0 Å². The molecule has 0 aliphatic carbocycles. The number of ether oxygens (including phenoxy) is 1. The zero-order valence-corrected chi connectivity index (χ0v) is 16.7. The lowest BCUT2D eigenvalue weighted by Gasteiger charge is -2.21. The Morgan fingerprint density at radius 3 is 2.81 bits per heavy atom. The van der Waals surface area contributed by atoms with Gasteiger partial charge in [-0.25, -0.2) is 4.79 Å². The first-order chi connectivity index (χ1) is 12.0. The lowest BCUT2D eigenvalue weighted by molar-refractivity contribution is -0.141. The molecule has 3 rings (SSSR count). The van der Waals surface area contributed by atoms with E-state index in [1.165, 1.54) is 4.90 Å². The topological polar surface area (TPSA) is 92.9 Å².